The summed E-state index contributed by atoms with van der Waals surface area (Å²) in [5, 5.41) is 3.70. The van der Waals surface area contributed by atoms with E-state index in [0.717, 1.165) is 25.4 Å². The van der Waals surface area contributed by atoms with E-state index in [4.69, 9.17) is 0 Å². The number of nitrogens with zero attached hydrogens (tertiary/aromatic N) is 1. The maximum atomic E-state index is 12.9. The van der Waals surface area contributed by atoms with Gasteiger partial charge in [-0.05, 0) is 56.3 Å². The summed E-state index contributed by atoms with van der Waals surface area (Å²) >= 11 is 0. The molecule has 120 valence electrons. The van der Waals surface area contributed by atoms with E-state index in [0.29, 0.717) is 17.4 Å². The van der Waals surface area contributed by atoms with E-state index in [1.54, 1.807) is 0 Å². The highest BCUT2D eigenvalue weighted by Gasteiger charge is 2.41. The van der Waals surface area contributed by atoms with Gasteiger partial charge >= 0.3 is 0 Å². The van der Waals surface area contributed by atoms with Gasteiger partial charge in [0.1, 0.15) is 0 Å². The zero-order valence-corrected chi connectivity index (χ0v) is 13.9. The first-order chi connectivity index (χ1) is 10.2. The molecule has 0 aromatic carbocycles. The van der Waals surface area contributed by atoms with Gasteiger partial charge in [-0.2, -0.15) is 0 Å². The van der Waals surface area contributed by atoms with Crippen molar-refractivity contribution >= 4 is 5.91 Å². The third-order valence-corrected chi connectivity index (χ3v) is 6.70. The molecule has 0 bridgehead atoms. The Morgan fingerprint density at radius 1 is 1.14 bits per heavy atom. The number of hydrogen-bond acceptors (Lipinski definition) is 2. The van der Waals surface area contributed by atoms with Crippen LogP contribution in [0.15, 0.2) is 0 Å². The molecule has 3 aliphatic rings. The van der Waals surface area contributed by atoms with Gasteiger partial charge in [0, 0.05) is 19.1 Å². The number of nitrogens with one attached hydrogen (secondary N) is 1. The van der Waals surface area contributed by atoms with Gasteiger partial charge in [0.05, 0.1) is 6.04 Å². The van der Waals surface area contributed by atoms with E-state index in [2.05, 4.69) is 24.1 Å². The van der Waals surface area contributed by atoms with Crippen molar-refractivity contribution < 1.29 is 4.79 Å². The van der Waals surface area contributed by atoms with Crippen LogP contribution in [0.2, 0.25) is 0 Å². The summed E-state index contributed by atoms with van der Waals surface area (Å²) in [4.78, 5) is 15.0. The van der Waals surface area contributed by atoms with Gasteiger partial charge in [0.15, 0.2) is 0 Å². The van der Waals surface area contributed by atoms with Crippen molar-refractivity contribution in [3.05, 3.63) is 0 Å². The molecule has 3 nitrogen and oxygen atoms in total. The van der Waals surface area contributed by atoms with Crippen molar-refractivity contribution in [3.8, 4) is 0 Å². The minimum atomic E-state index is 0.105. The minimum absolute atomic E-state index is 0.105. The van der Waals surface area contributed by atoms with Crippen molar-refractivity contribution in [1.82, 2.24) is 10.2 Å². The number of fused-ring (bicyclic) bond motifs is 1. The van der Waals surface area contributed by atoms with Gasteiger partial charge in [0.2, 0.25) is 5.91 Å². The Hall–Kier alpha value is -0.570. The highest BCUT2D eigenvalue weighted by Crippen LogP contribution is 2.38. The van der Waals surface area contributed by atoms with Crippen LogP contribution in [0.25, 0.3) is 0 Å². The molecular weight excluding hydrogens is 260 g/mol. The highest BCUT2D eigenvalue weighted by atomic mass is 16.2. The maximum absolute atomic E-state index is 12.9. The molecule has 1 aliphatic carbocycles. The predicted molar refractivity (Wildman–Crippen MR) is 86.1 cm³/mol. The SMILES string of the molecule is CCC1(CC)CCN(C(=O)C2CCC3CCCCC3N2)C1. The van der Waals surface area contributed by atoms with E-state index in [-0.39, 0.29) is 6.04 Å². The summed E-state index contributed by atoms with van der Waals surface area (Å²) in [5.41, 5.74) is 0.400. The van der Waals surface area contributed by atoms with Gasteiger partial charge < -0.3 is 10.2 Å². The van der Waals surface area contributed by atoms with Crippen LogP contribution >= 0.6 is 0 Å². The number of rotatable bonds is 3. The molecule has 2 aliphatic heterocycles. The standard InChI is InChI=1S/C18H32N2O/c1-3-18(4-2)11-12-20(13-18)17(21)16-10-9-14-7-5-6-8-15(14)19-16/h14-16,19H,3-13H2,1-2H3. The largest absolute Gasteiger partial charge is 0.341 e. The summed E-state index contributed by atoms with van der Waals surface area (Å²) in [6.45, 7) is 6.53. The second-order valence-corrected chi connectivity index (χ2v) is 7.66. The summed E-state index contributed by atoms with van der Waals surface area (Å²) in [7, 11) is 0. The molecule has 3 fully saturated rings. The zero-order valence-electron chi connectivity index (χ0n) is 13.9. The fourth-order valence-corrected chi connectivity index (χ4v) is 4.86. The Balaban J connectivity index is 1.59. The van der Waals surface area contributed by atoms with Gasteiger partial charge in [0.25, 0.3) is 0 Å². The van der Waals surface area contributed by atoms with Gasteiger partial charge in [-0.1, -0.05) is 26.7 Å². The molecule has 0 spiro atoms. The first-order valence-corrected chi connectivity index (χ1v) is 9.22. The van der Waals surface area contributed by atoms with Crippen LogP contribution in [-0.4, -0.2) is 36.0 Å². The van der Waals surface area contributed by atoms with Gasteiger partial charge in [-0.15, -0.1) is 0 Å². The van der Waals surface area contributed by atoms with Crippen LogP contribution in [0.3, 0.4) is 0 Å². The maximum Gasteiger partial charge on any atom is 0.239 e. The summed E-state index contributed by atoms with van der Waals surface area (Å²) in [6.07, 6.45) is 11.3. The Kier molecular flexibility index (Phi) is 4.58. The molecule has 3 atom stereocenters. The Morgan fingerprint density at radius 2 is 1.90 bits per heavy atom. The molecule has 2 heterocycles. The van der Waals surface area contributed by atoms with E-state index < -0.39 is 0 Å². The second kappa shape index (κ2) is 6.28. The van der Waals surface area contributed by atoms with Crippen LogP contribution in [0.1, 0.15) is 71.6 Å². The van der Waals surface area contributed by atoms with E-state index in [9.17, 15) is 4.79 Å². The molecule has 3 rings (SSSR count). The number of hydrogen-bond donors (Lipinski definition) is 1. The Morgan fingerprint density at radius 3 is 2.62 bits per heavy atom. The van der Waals surface area contributed by atoms with Gasteiger partial charge in [-0.25, -0.2) is 0 Å². The summed E-state index contributed by atoms with van der Waals surface area (Å²) < 4.78 is 0. The molecular formula is C18H32N2O. The van der Waals surface area contributed by atoms with Crippen molar-refractivity contribution in [2.24, 2.45) is 11.3 Å². The third-order valence-electron chi connectivity index (χ3n) is 6.70. The lowest BCUT2D eigenvalue weighted by molar-refractivity contribution is -0.134. The Labute approximate surface area is 129 Å². The quantitative estimate of drug-likeness (QED) is 0.865. The molecule has 3 unspecified atom stereocenters. The molecule has 2 saturated heterocycles. The predicted octanol–water partition coefficient (Wildman–Crippen LogP) is 3.34. The molecule has 1 saturated carbocycles. The second-order valence-electron chi connectivity index (χ2n) is 7.66. The fourth-order valence-electron chi connectivity index (χ4n) is 4.86. The molecule has 0 aromatic heterocycles. The van der Waals surface area contributed by atoms with Gasteiger partial charge in [-0.3, -0.25) is 4.79 Å². The third kappa shape index (κ3) is 2.99. The topological polar surface area (TPSA) is 32.3 Å². The lowest BCUT2D eigenvalue weighted by Gasteiger charge is -2.41. The van der Waals surface area contributed by atoms with Crippen molar-refractivity contribution in [2.75, 3.05) is 13.1 Å². The zero-order chi connectivity index (χ0) is 14.9. The van der Waals surface area contributed by atoms with Crippen LogP contribution < -0.4 is 5.32 Å². The molecule has 1 N–H and O–H groups in total. The molecule has 0 radical (unpaired) electrons. The lowest BCUT2D eigenvalue weighted by Crippen LogP contribution is -2.55. The van der Waals surface area contributed by atoms with E-state index >= 15 is 0 Å². The number of carbonyl (C=O) groups is 1. The molecule has 21 heavy (non-hydrogen) atoms. The summed E-state index contributed by atoms with van der Waals surface area (Å²) in [5.74, 6) is 1.23. The Bertz CT molecular complexity index is 377. The number of likely N-dealkylation sites (tertiary alicyclic amines) is 1. The number of piperidine rings is 1. The van der Waals surface area contributed by atoms with Crippen LogP contribution in [0, 0.1) is 11.3 Å². The van der Waals surface area contributed by atoms with E-state index in [1.165, 1.54) is 51.4 Å². The average molecular weight is 292 g/mol. The smallest absolute Gasteiger partial charge is 0.239 e. The molecule has 0 aromatic rings. The van der Waals surface area contributed by atoms with Crippen molar-refractivity contribution in [1.29, 1.82) is 0 Å². The van der Waals surface area contributed by atoms with Crippen LogP contribution in [0.5, 0.6) is 0 Å². The normalized spacial score (nSPS) is 35.5. The average Bonchev–Trinajstić information content (AvgIpc) is 2.99. The fraction of sp³-hybridized carbons (Fsp3) is 0.944. The van der Waals surface area contributed by atoms with Crippen molar-refractivity contribution in [3.63, 3.8) is 0 Å². The highest BCUT2D eigenvalue weighted by molar-refractivity contribution is 5.82. The first kappa shape index (κ1) is 15.3. The lowest BCUT2D eigenvalue weighted by atomic mass is 9.77. The summed E-state index contributed by atoms with van der Waals surface area (Å²) in [6, 6.07) is 0.722. The van der Waals surface area contributed by atoms with Crippen molar-refractivity contribution in [2.45, 2.75) is 83.7 Å². The minimum Gasteiger partial charge on any atom is -0.341 e. The molecule has 1 amide bonds. The number of amides is 1. The first-order valence-electron chi connectivity index (χ1n) is 9.22. The van der Waals surface area contributed by atoms with E-state index in [1.807, 2.05) is 0 Å². The van der Waals surface area contributed by atoms with Crippen LogP contribution in [0.4, 0.5) is 0 Å². The molecule has 3 heteroatoms. The van der Waals surface area contributed by atoms with Crippen LogP contribution in [-0.2, 0) is 4.79 Å². The monoisotopic (exact) mass is 292 g/mol. The number of carbonyl (C=O) groups excluding carboxylic acids is 1.